The summed E-state index contributed by atoms with van der Waals surface area (Å²) < 4.78 is 12.2. The van der Waals surface area contributed by atoms with Gasteiger partial charge in [0.2, 0.25) is 12.7 Å². The van der Waals surface area contributed by atoms with Crippen molar-refractivity contribution in [2.75, 3.05) is 33.0 Å². The fourth-order valence-corrected chi connectivity index (χ4v) is 3.39. The van der Waals surface area contributed by atoms with Crippen LogP contribution in [-0.4, -0.2) is 63.4 Å². The highest BCUT2D eigenvalue weighted by Crippen LogP contribution is 2.32. The smallest absolute Gasteiger partial charge is 0.306 e. The van der Waals surface area contributed by atoms with E-state index >= 15 is 0 Å². The molecule has 10 nitrogen and oxygen atoms in total. The van der Waals surface area contributed by atoms with Crippen LogP contribution in [0.15, 0.2) is 30.6 Å². The molecule has 0 N–H and O–H groups in total. The highest BCUT2D eigenvalue weighted by Gasteiger charge is 2.22. The van der Waals surface area contributed by atoms with Gasteiger partial charge in [-0.1, -0.05) is 6.07 Å². The standard InChI is InChI=1S/C18H21N5O5/c24-18(3-4-22-12-15(10-19-22)23(25)26)21-7-5-20(6-8-21)11-14-1-2-16-17(9-14)28-13-27-16/h1-2,9-10,12H,3-8,11,13H2. The van der Waals surface area contributed by atoms with Crippen molar-refractivity contribution in [3.8, 4) is 11.5 Å². The molecule has 3 heterocycles. The van der Waals surface area contributed by atoms with Crippen molar-refractivity contribution in [2.24, 2.45) is 0 Å². The number of carbonyl (C=O) groups excluding carboxylic acids is 1. The molecule has 0 unspecified atom stereocenters. The number of fused-ring (bicyclic) bond motifs is 1. The van der Waals surface area contributed by atoms with Crippen LogP contribution in [0.5, 0.6) is 11.5 Å². The van der Waals surface area contributed by atoms with Gasteiger partial charge in [0, 0.05) is 45.7 Å². The Kier molecular flexibility index (Phi) is 5.11. The number of piperazine rings is 1. The van der Waals surface area contributed by atoms with Crippen LogP contribution in [0, 0.1) is 10.1 Å². The Bertz CT molecular complexity index is 875. The van der Waals surface area contributed by atoms with Crippen molar-refractivity contribution in [3.05, 3.63) is 46.3 Å². The molecular weight excluding hydrogens is 366 g/mol. The first kappa shape index (κ1) is 18.2. The summed E-state index contributed by atoms with van der Waals surface area (Å²) in [4.78, 5) is 26.7. The molecule has 1 aromatic heterocycles. The van der Waals surface area contributed by atoms with E-state index in [0.29, 0.717) is 19.6 Å². The predicted molar refractivity (Wildman–Crippen MR) is 97.9 cm³/mol. The van der Waals surface area contributed by atoms with Gasteiger partial charge in [-0.15, -0.1) is 0 Å². The zero-order valence-electron chi connectivity index (χ0n) is 15.3. The summed E-state index contributed by atoms with van der Waals surface area (Å²) in [5.41, 5.74) is 1.09. The zero-order valence-corrected chi connectivity index (χ0v) is 15.3. The van der Waals surface area contributed by atoms with Crippen LogP contribution in [0.1, 0.15) is 12.0 Å². The summed E-state index contributed by atoms with van der Waals surface area (Å²) in [5.74, 6) is 1.60. The monoisotopic (exact) mass is 387 g/mol. The summed E-state index contributed by atoms with van der Waals surface area (Å²) in [7, 11) is 0. The Morgan fingerprint density at radius 2 is 1.96 bits per heavy atom. The maximum absolute atomic E-state index is 12.4. The van der Waals surface area contributed by atoms with Gasteiger partial charge >= 0.3 is 5.69 Å². The molecule has 0 bridgehead atoms. The van der Waals surface area contributed by atoms with E-state index in [1.807, 2.05) is 23.1 Å². The highest BCUT2D eigenvalue weighted by atomic mass is 16.7. The molecule has 28 heavy (non-hydrogen) atoms. The minimum atomic E-state index is -0.495. The van der Waals surface area contributed by atoms with Crippen molar-refractivity contribution in [1.29, 1.82) is 0 Å². The quantitative estimate of drug-likeness (QED) is 0.543. The molecule has 0 saturated carbocycles. The van der Waals surface area contributed by atoms with Gasteiger partial charge in [-0.25, -0.2) is 0 Å². The SMILES string of the molecule is O=C(CCn1cc([N+](=O)[O-])cn1)N1CCN(Cc2ccc3c(c2)OCO3)CC1. The lowest BCUT2D eigenvalue weighted by Gasteiger charge is -2.34. The van der Waals surface area contributed by atoms with Crippen LogP contribution in [-0.2, 0) is 17.9 Å². The number of nitrogens with zero attached hydrogens (tertiary/aromatic N) is 5. The van der Waals surface area contributed by atoms with Crippen molar-refractivity contribution in [2.45, 2.75) is 19.5 Å². The molecule has 148 valence electrons. The van der Waals surface area contributed by atoms with Gasteiger partial charge in [-0.3, -0.25) is 24.5 Å². The average Bonchev–Trinajstić information content (AvgIpc) is 3.36. The van der Waals surface area contributed by atoms with Crippen LogP contribution in [0.2, 0.25) is 0 Å². The van der Waals surface area contributed by atoms with Gasteiger partial charge < -0.3 is 14.4 Å². The normalized spacial score (nSPS) is 16.4. The van der Waals surface area contributed by atoms with Gasteiger partial charge in [0.1, 0.15) is 12.4 Å². The first-order chi connectivity index (χ1) is 13.6. The third kappa shape index (κ3) is 4.06. The van der Waals surface area contributed by atoms with Crippen LogP contribution in [0.3, 0.4) is 0 Å². The van der Waals surface area contributed by atoms with Crippen LogP contribution >= 0.6 is 0 Å². The van der Waals surface area contributed by atoms with Crippen molar-refractivity contribution < 1.29 is 19.2 Å². The van der Waals surface area contributed by atoms with E-state index in [1.165, 1.54) is 17.1 Å². The second kappa shape index (κ2) is 7.85. The lowest BCUT2D eigenvalue weighted by molar-refractivity contribution is -0.385. The van der Waals surface area contributed by atoms with E-state index < -0.39 is 4.92 Å². The predicted octanol–water partition coefficient (Wildman–Crippen LogP) is 1.25. The Balaban J connectivity index is 1.23. The van der Waals surface area contributed by atoms with Crippen molar-refractivity contribution in [3.63, 3.8) is 0 Å². The number of hydrogen-bond acceptors (Lipinski definition) is 7. The second-order valence-electron chi connectivity index (χ2n) is 6.81. The van der Waals surface area contributed by atoms with Crippen LogP contribution in [0.25, 0.3) is 0 Å². The molecule has 2 aromatic rings. The first-order valence-corrected chi connectivity index (χ1v) is 9.14. The van der Waals surface area contributed by atoms with Crippen LogP contribution < -0.4 is 9.47 Å². The van der Waals surface area contributed by atoms with E-state index in [0.717, 1.165) is 36.7 Å². The number of carbonyl (C=O) groups is 1. The zero-order chi connectivity index (χ0) is 19.5. The van der Waals surface area contributed by atoms with Gasteiger partial charge in [-0.2, -0.15) is 5.10 Å². The van der Waals surface area contributed by atoms with E-state index in [-0.39, 0.29) is 24.8 Å². The number of aryl methyl sites for hydroxylation is 1. The molecule has 1 fully saturated rings. The number of hydrogen-bond donors (Lipinski definition) is 0. The van der Waals surface area contributed by atoms with Gasteiger partial charge in [0.15, 0.2) is 11.5 Å². The topological polar surface area (TPSA) is 103 Å². The fourth-order valence-electron chi connectivity index (χ4n) is 3.39. The molecule has 0 aliphatic carbocycles. The molecule has 1 aromatic carbocycles. The average molecular weight is 387 g/mol. The second-order valence-corrected chi connectivity index (χ2v) is 6.81. The summed E-state index contributed by atoms with van der Waals surface area (Å²) in [5, 5.41) is 14.6. The largest absolute Gasteiger partial charge is 0.454 e. The van der Waals surface area contributed by atoms with E-state index in [9.17, 15) is 14.9 Å². The fraction of sp³-hybridized carbons (Fsp3) is 0.444. The Hall–Kier alpha value is -3.14. The van der Waals surface area contributed by atoms with Crippen molar-refractivity contribution >= 4 is 11.6 Å². The lowest BCUT2D eigenvalue weighted by atomic mass is 10.1. The summed E-state index contributed by atoms with van der Waals surface area (Å²) in [6.45, 7) is 4.34. The summed E-state index contributed by atoms with van der Waals surface area (Å²) >= 11 is 0. The maximum atomic E-state index is 12.4. The number of rotatable bonds is 6. The van der Waals surface area contributed by atoms with E-state index in [4.69, 9.17) is 9.47 Å². The minimum Gasteiger partial charge on any atom is -0.454 e. The maximum Gasteiger partial charge on any atom is 0.306 e. The van der Waals surface area contributed by atoms with Gasteiger partial charge in [0.25, 0.3) is 0 Å². The minimum absolute atomic E-state index is 0.0425. The number of ether oxygens (including phenoxy) is 2. The molecule has 1 amide bonds. The third-order valence-electron chi connectivity index (χ3n) is 4.95. The number of aromatic nitrogens is 2. The lowest BCUT2D eigenvalue weighted by Crippen LogP contribution is -2.48. The molecule has 0 radical (unpaired) electrons. The van der Waals surface area contributed by atoms with Gasteiger partial charge in [-0.05, 0) is 17.7 Å². The summed E-state index contributed by atoms with van der Waals surface area (Å²) in [6.07, 6.45) is 2.82. The molecule has 1 saturated heterocycles. The third-order valence-corrected chi connectivity index (χ3v) is 4.95. The molecular formula is C18H21N5O5. The first-order valence-electron chi connectivity index (χ1n) is 9.14. The Labute approximate surface area is 161 Å². The molecule has 0 spiro atoms. The Morgan fingerprint density at radius 3 is 2.71 bits per heavy atom. The molecule has 4 rings (SSSR count). The van der Waals surface area contributed by atoms with Crippen LogP contribution in [0.4, 0.5) is 5.69 Å². The number of nitro groups is 1. The molecule has 2 aliphatic heterocycles. The van der Waals surface area contributed by atoms with Crippen molar-refractivity contribution in [1.82, 2.24) is 19.6 Å². The summed E-state index contributed by atoms with van der Waals surface area (Å²) in [6, 6.07) is 5.97. The highest BCUT2D eigenvalue weighted by molar-refractivity contribution is 5.76. The molecule has 0 atom stereocenters. The van der Waals surface area contributed by atoms with Gasteiger partial charge in [0.05, 0.1) is 4.92 Å². The van der Waals surface area contributed by atoms with E-state index in [1.54, 1.807) is 0 Å². The number of benzene rings is 1. The molecule has 10 heteroatoms. The number of amides is 1. The molecule has 2 aliphatic rings. The van der Waals surface area contributed by atoms with E-state index in [2.05, 4.69) is 10.00 Å². The Morgan fingerprint density at radius 1 is 1.18 bits per heavy atom.